The third kappa shape index (κ3) is 6.32. The molecule has 148 valence electrons. The van der Waals surface area contributed by atoms with Crippen LogP contribution in [0.3, 0.4) is 0 Å². The number of esters is 3. The number of hydrogen-bond donors (Lipinski definition) is 1. The maximum atomic E-state index is 11.6. The number of nitrogens with two attached hydrogens (primary N) is 1. The van der Waals surface area contributed by atoms with E-state index >= 15 is 0 Å². The van der Waals surface area contributed by atoms with Gasteiger partial charge in [0, 0.05) is 0 Å². The molecule has 1 saturated heterocycles. The van der Waals surface area contributed by atoms with Gasteiger partial charge in [-0.1, -0.05) is 0 Å². The van der Waals surface area contributed by atoms with Crippen LogP contribution >= 0.6 is 0 Å². The number of carbonyl (C=O) groups is 3. The molecule has 1 aromatic carbocycles. The third-order valence-electron chi connectivity index (χ3n) is 3.74. The van der Waals surface area contributed by atoms with Crippen molar-refractivity contribution in [1.82, 2.24) is 0 Å². The van der Waals surface area contributed by atoms with E-state index in [2.05, 4.69) is 0 Å². The Hall–Kier alpha value is -1.93. The molecule has 1 aliphatic heterocycles. The second-order valence-electron chi connectivity index (χ2n) is 6.00. The fourth-order valence-electron chi connectivity index (χ4n) is 2.67. The van der Waals surface area contributed by atoms with Crippen LogP contribution in [0.15, 0.2) is 30.3 Å². The van der Waals surface area contributed by atoms with Crippen LogP contribution in [-0.2, 0) is 33.3 Å². The summed E-state index contributed by atoms with van der Waals surface area (Å²) in [5.74, 6) is -1.62. The number of hydrogen-bond acceptors (Lipinski definition) is 8. The summed E-state index contributed by atoms with van der Waals surface area (Å²) in [6, 6.07) is 8.93. The molecule has 5 atom stereocenters. The second kappa shape index (κ2) is 9.85. The molecule has 1 heterocycles. The van der Waals surface area contributed by atoms with Crippen molar-refractivity contribution < 1.29 is 33.3 Å². The first-order valence-corrected chi connectivity index (χ1v) is 10.2. The number of ether oxygens (including phenoxy) is 4. The topological polar surface area (TPSA) is 114 Å². The van der Waals surface area contributed by atoms with Gasteiger partial charge in [-0.3, -0.25) is 0 Å². The molecular weight excluding hydrogens is 421 g/mol. The van der Waals surface area contributed by atoms with E-state index in [1.54, 1.807) is 0 Å². The second-order valence-corrected chi connectivity index (χ2v) is 8.46. The molecule has 8 nitrogen and oxygen atoms in total. The fraction of sp³-hybridized carbons (Fsp3) is 0.500. The van der Waals surface area contributed by atoms with Gasteiger partial charge in [-0.25, -0.2) is 0 Å². The number of benzene rings is 1. The molecule has 0 amide bonds. The zero-order valence-electron chi connectivity index (χ0n) is 15.3. The predicted molar refractivity (Wildman–Crippen MR) is 96.2 cm³/mol. The van der Waals surface area contributed by atoms with Gasteiger partial charge < -0.3 is 0 Å². The van der Waals surface area contributed by atoms with Crippen molar-refractivity contribution >= 4 is 37.3 Å². The summed E-state index contributed by atoms with van der Waals surface area (Å²) in [4.78, 5) is 34.4. The monoisotopic (exact) mass is 445 g/mol. The van der Waals surface area contributed by atoms with Crippen molar-refractivity contribution in [3.63, 3.8) is 0 Å². The van der Waals surface area contributed by atoms with Crippen molar-refractivity contribution in [2.24, 2.45) is 5.73 Å². The first-order valence-electron chi connectivity index (χ1n) is 8.38. The van der Waals surface area contributed by atoms with E-state index in [1.807, 2.05) is 30.3 Å². The third-order valence-corrected chi connectivity index (χ3v) is 6.27. The van der Waals surface area contributed by atoms with Gasteiger partial charge in [-0.05, 0) is 0 Å². The van der Waals surface area contributed by atoms with Crippen LogP contribution in [0.2, 0.25) is 0 Å². The van der Waals surface area contributed by atoms with Gasteiger partial charge in [0.05, 0.1) is 0 Å². The summed E-state index contributed by atoms with van der Waals surface area (Å²) in [7, 11) is 0. The molecule has 0 aromatic heterocycles. The zero-order valence-corrected chi connectivity index (χ0v) is 17.0. The summed E-state index contributed by atoms with van der Waals surface area (Å²) < 4.78 is 22.8. The first kappa shape index (κ1) is 21.4. The van der Waals surface area contributed by atoms with Crippen LogP contribution < -0.4 is 10.2 Å². The minimum absolute atomic E-state index is 0.140. The normalized spacial score (nSPS) is 27.5. The summed E-state index contributed by atoms with van der Waals surface area (Å²) in [6.07, 6.45) is -2.67. The van der Waals surface area contributed by atoms with Gasteiger partial charge in [0.1, 0.15) is 0 Å². The van der Waals surface area contributed by atoms with Crippen molar-refractivity contribution in [3.05, 3.63) is 30.3 Å². The molecule has 9 heteroatoms. The predicted octanol–water partition coefficient (Wildman–Crippen LogP) is -0.505. The van der Waals surface area contributed by atoms with E-state index in [-0.39, 0.29) is 21.6 Å². The Labute approximate surface area is 163 Å². The zero-order chi connectivity index (χ0) is 20.0. The van der Waals surface area contributed by atoms with Gasteiger partial charge in [0.25, 0.3) is 0 Å². The van der Waals surface area contributed by atoms with Crippen molar-refractivity contribution in [3.8, 4) is 0 Å². The van der Waals surface area contributed by atoms with Gasteiger partial charge in [-0.2, -0.15) is 0 Å². The summed E-state index contributed by atoms with van der Waals surface area (Å²) in [6.45, 7) is 3.62. The van der Waals surface area contributed by atoms with Crippen molar-refractivity contribution in [2.75, 3.05) is 6.61 Å². The van der Waals surface area contributed by atoms with Crippen molar-refractivity contribution in [1.29, 1.82) is 0 Å². The summed E-state index contributed by atoms with van der Waals surface area (Å²) in [5, 5.41) is -0.461. The Morgan fingerprint density at radius 3 is 2.15 bits per heavy atom. The van der Waals surface area contributed by atoms with Gasteiger partial charge in [0.15, 0.2) is 0 Å². The van der Waals surface area contributed by atoms with Crippen LogP contribution in [0.5, 0.6) is 0 Å². The average molecular weight is 444 g/mol. The molecule has 2 rings (SSSR count). The molecule has 0 bridgehead atoms. The summed E-state index contributed by atoms with van der Waals surface area (Å²) >= 11 is -0.200. The van der Waals surface area contributed by atoms with Crippen LogP contribution in [0, 0.1) is 0 Å². The van der Waals surface area contributed by atoms with E-state index in [9.17, 15) is 14.4 Å². The molecule has 0 aliphatic carbocycles. The Balaban J connectivity index is 2.27. The molecule has 1 fully saturated rings. The average Bonchev–Trinajstić information content (AvgIpc) is 2.59. The molecule has 1 aromatic rings. The Morgan fingerprint density at radius 2 is 1.59 bits per heavy atom. The Kier molecular flexibility index (Phi) is 7.79. The number of rotatable bonds is 6. The molecule has 27 heavy (non-hydrogen) atoms. The van der Waals surface area contributed by atoms with Crippen LogP contribution in [-0.4, -0.2) is 68.8 Å². The molecule has 0 radical (unpaired) electrons. The van der Waals surface area contributed by atoms with Crippen LogP contribution in [0.1, 0.15) is 20.8 Å². The van der Waals surface area contributed by atoms with Crippen LogP contribution in [0.4, 0.5) is 0 Å². The van der Waals surface area contributed by atoms with E-state index in [4.69, 9.17) is 24.7 Å². The van der Waals surface area contributed by atoms with Gasteiger partial charge in [0.2, 0.25) is 0 Å². The number of carbonyl (C=O) groups excluding carboxylic acids is 3. The fourth-order valence-corrected chi connectivity index (χ4v) is 4.96. The standard InChI is InChI=1S/C18H23NO7Se/c1-10(20)23-9-14-16(24-11(2)21)17(25-12(3)22)15(19)18(26-14)27-13-7-5-4-6-8-13/h4-8,14-18H,9,19H2,1-3H3/t14-,15-,16+,17-,18-/m1/s1. The molecule has 0 saturated carbocycles. The molecule has 0 unspecified atom stereocenters. The first-order chi connectivity index (χ1) is 12.8. The summed E-state index contributed by atoms with van der Waals surface area (Å²) in [5.41, 5.74) is 6.32. The Morgan fingerprint density at radius 1 is 1.00 bits per heavy atom. The van der Waals surface area contributed by atoms with E-state index in [1.165, 1.54) is 20.8 Å². The van der Waals surface area contributed by atoms with Crippen molar-refractivity contribution in [2.45, 2.75) is 50.1 Å². The van der Waals surface area contributed by atoms with E-state index < -0.39 is 47.3 Å². The maximum absolute atomic E-state index is 11.6. The van der Waals surface area contributed by atoms with E-state index in [0.29, 0.717) is 0 Å². The minimum atomic E-state index is -0.969. The van der Waals surface area contributed by atoms with Gasteiger partial charge >= 0.3 is 163 Å². The molecule has 1 aliphatic rings. The molecule has 2 N–H and O–H groups in total. The van der Waals surface area contributed by atoms with Crippen LogP contribution in [0.25, 0.3) is 0 Å². The van der Waals surface area contributed by atoms with E-state index in [0.717, 1.165) is 4.46 Å². The SMILES string of the molecule is CC(=O)OC[C@H]1O[C@H]([Se]c2ccccc2)[C@H](N)[C@@H](OC(C)=O)[C@H]1OC(C)=O. The molecular formula is C18H23NO7Se. The molecule has 0 spiro atoms. The van der Waals surface area contributed by atoms with Gasteiger partial charge in [-0.15, -0.1) is 0 Å². The quantitative estimate of drug-likeness (QED) is 0.355. The Bertz CT molecular complexity index is 669.